The predicted molar refractivity (Wildman–Crippen MR) is 307 cm³/mol. The lowest BCUT2D eigenvalue weighted by Crippen LogP contribution is -2.30. The molecule has 0 aromatic heterocycles. The van der Waals surface area contributed by atoms with Gasteiger partial charge in [-0.25, -0.2) is 0 Å². The van der Waals surface area contributed by atoms with Gasteiger partial charge in [0, 0.05) is 19.3 Å². The third kappa shape index (κ3) is 57.5. The predicted octanol–water partition coefficient (Wildman–Crippen LogP) is 21.7. The van der Waals surface area contributed by atoms with Gasteiger partial charge in [0.25, 0.3) is 0 Å². The number of esters is 3. The molecule has 0 aromatic rings. The number of hydrogen-bond donors (Lipinski definition) is 0. The van der Waals surface area contributed by atoms with Gasteiger partial charge in [0.15, 0.2) is 6.10 Å². The summed E-state index contributed by atoms with van der Waals surface area (Å²) >= 11 is 0. The Morgan fingerprint density at radius 2 is 0.493 bits per heavy atom. The van der Waals surface area contributed by atoms with Gasteiger partial charge in [0.2, 0.25) is 0 Å². The largest absolute Gasteiger partial charge is 0.462 e. The highest BCUT2D eigenvalue weighted by molar-refractivity contribution is 5.71. The maximum absolute atomic E-state index is 12.9. The lowest BCUT2D eigenvalue weighted by Gasteiger charge is -2.18. The Bertz CT molecular complexity index is 1080. The molecule has 0 radical (unpaired) electrons. The summed E-state index contributed by atoms with van der Waals surface area (Å²) in [6.07, 6.45) is 66.7. The van der Waals surface area contributed by atoms with Crippen LogP contribution < -0.4 is 0 Å². The Balaban J connectivity index is 4.24. The summed E-state index contributed by atoms with van der Waals surface area (Å²) in [6, 6.07) is 0. The van der Waals surface area contributed by atoms with Crippen LogP contribution in [0.2, 0.25) is 0 Å². The van der Waals surface area contributed by atoms with Gasteiger partial charge >= 0.3 is 17.9 Å². The summed E-state index contributed by atoms with van der Waals surface area (Å²) in [7, 11) is 0. The molecular formula is C65H126O6. The van der Waals surface area contributed by atoms with Crippen molar-refractivity contribution in [1.29, 1.82) is 0 Å². The second-order valence-electron chi connectivity index (χ2n) is 22.6. The van der Waals surface area contributed by atoms with Gasteiger partial charge in [0.1, 0.15) is 13.2 Å². The monoisotopic (exact) mass is 1000 g/mol. The van der Waals surface area contributed by atoms with E-state index in [1.54, 1.807) is 0 Å². The number of ether oxygens (including phenoxy) is 3. The second kappa shape index (κ2) is 59.3. The third-order valence-electron chi connectivity index (χ3n) is 15.4. The molecule has 71 heavy (non-hydrogen) atoms. The van der Waals surface area contributed by atoms with Crippen LogP contribution in [0.3, 0.4) is 0 Å². The fraction of sp³-hybridized carbons (Fsp3) is 0.954. The summed E-state index contributed by atoms with van der Waals surface area (Å²) in [5, 5.41) is 0. The molecule has 0 aliphatic rings. The lowest BCUT2D eigenvalue weighted by molar-refractivity contribution is -0.167. The van der Waals surface area contributed by atoms with E-state index in [1.165, 1.54) is 270 Å². The molecule has 0 saturated heterocycles. The Labute approximate surface area is 444 Å². The number of carbonyl (C=O) groups is 3. The number of carbonyl (C=O) groups excluding carboxylic acids is 3. The van der Waals surface area contributed by atoms with E-state index in [9.17, 15) is 14.4 Å². The molecule has 0 bridgehead atoms. The maximum Gasteiger partial charge on any atom is 0.306 e. The first-order chi connectivity index (χ1) is 34.9. The van der Waals surface area contributed by atoms with Crippen LogP contribution in [0.4, 0.5) is 0 Å². The molecule has 0 N–H and O–H groups in total. The van der Waals surface area contributed by atoms with Crippen LogP contribution in [0.1, 0.15) is 374 Å². The summed E-state index contributed by atoms with van der Waals surface area (Å²) in [5.74, 6) is 0.0836. The summed E-state index contributed by atoms with van der Waals surface area (Å²) in [5.41, 5.74) is 0. The van der Waals surface area contributed by atoms with E-state index in [-0.39, 0.29) is 31.1 Å². The smallest absolute Gasteiger partial charge is 0.306 e. The van der Waals surface area contributed by atoms with Gasteiger partial charge < -0.3 is 14.2 Å². The molecule has 0 heterocycles. The van der Waals surface area contributed by atoms with Crippen molar-refractivity contribution in [3.63, 3.8) is 0 Å². The van der Waals surface area contributed by atoms with Crippen LogP contribution in [-0.2, 0) is 28.6 Å². The van der Waals surface area contributed by atoms with Crippen molar-refractivity contribution in [1.82, 2.24) is 0 Å². The van der Waals surface area contributed by atoms with E-state index in [2.05, 4.69) is 27.7 Å². The number of unbranched alkanes of at least 4 members (excludes halogenated alkanes) is 46. The van der Waals surface area contributed by atoms with E-state index in [1.807, 2.05) is 0 Å². The van der Waals surface area contributed by atoms with Crippen LogP contribution >= 0.6 is 0 Å². The normalized spacial score (nSPS) is 12.3. The fourth-order valence-corrected chi connectivity index (χ4v) is 10.1. The first-order valence-electron chi connectivity index (χ1n) is 32.4. The second-order valence-corrected chi connectivity index (χ2v) is 22.6. The van der Waals surface area contributed by atoms with Crippen LogP contribution in [0, 0.1) is 5.92 Å². The molecule has 0 amide bonds. The highest BCUT2D eigenvalue weighted by atomic mass is 16.6. The summed E-state index contributed by atoms with van der Waals surface area (Å²) in [6.45, 7) is 9.13. The standard InChI is InChI=1S/C65H126O6/c1-5-8-10-12-14-16-18-20-22-25-30-34-38-42-46-50-54-58-65(68)71-62(59-69-63(66)56-52-48-44-40-36-32-21-19-17-15-13-11-9-6-2)60-70-64(67)57-53-49-45-41-37-33-29-27-24-23-26-28-31-35-39-43-47-51-55-61(4)7-3/h61-62H,5-60H2,1-4H3/t61?,62-/m0/s1. The summed E-state index contributed by atoms with van der Waals surface area (Å²) < 4.78 is 17.0. The maximum atomic E-state index is 12.9. The molecule has 6 nitrogen and oxygen atoms in total. The van der Waals surface area contributed by atoms with E-state index in [0.717, 1.165) is 63.7 Å². The van der Waals surface area contributed by atoms with Gasteiger partial charge in [-0.1, -0.05) is 336 Å². The van der Waals surface area contributed by atoms with E-state index in [0.29, 0.717) is 19.3 Å². The quantitative estimate of drug-likeness (QED) is 0.0343. The minimum Gasteiger partial charge on any atom is -0.462 e. The van der Waals surface area contributed by atoms with Crippen molar-refractivity contribution in [2.45, 2.75) is 381 Å². The number of rotatable bonds is 60. The van der Waals surface area contributed by atoms with Crippen molar-refractivity contribution in [2.75, 3.05) is 13.2 Å². The summed E-state index contributed by atoms with van der Waals surface area (Å²) in [4.78, 5) is 38.3. The Hall–Kier alpha value is -1.59. The molecule has 0 saturated carbocycles. The van der Waals surface area contributed by atoms with Crippen molar-refractivity contribution in [3.05, 3.63) is 0 Å². The molecule has 0 rings (SSSR count). The van der Waals surface area contributed by atoms with Crippen LogP contribution in [0.15, 0.2) is 0 Å². The van der Waals surface area contributed by atoms with Crippen LogP contribution in [0.25, 0.3) is 0 Å². The van der Waals surface area contributed by atoms with Crippen molar-refractivity contribution < 1.29 is 28.6 Å². The first-order valence-corrected chi connectivity index (χ1v) is 32.4. The van der Waals surface area contributed by atoms with E-state index in [4.69, 9.17) is 14.2 Å². The zero-order valence-corrected chi connectivity index (χ0v) is 48.7. The van der Waals surface area contributed by atoms with Crippen LogP contribution in [-0.4, -0.2) is 37.2 Å². The van der Waals surface area contributed by atoms with Crippen molar-refractivity contribution in [2.24, 2.45) is 5.92 Å². The fourth-order valence-electron chi connectivity index (χ4n) is 10.1. The van der Waals surface area contributed by atoms with Gasteiger partial charge in [-0.05, 0) is 25.2 Å². The molecule has 6 heteroatoms. The Morgan fingerprint density at radius 3 is 0.732 bits per heavy atom. The Morgan fingerprint density at radius 1 is 0.282 bits per heavy atom. The highest BCUT2D eigenvalue weighted by Gasteiger charge is 2.19. The zero-order chi connectivity index (χ0) is 51.6. The third-order valence-corrected chi connectivity index (χ3v) is 15.4. The molecule has 0 aliphatic heterocycles. The lowest BCUT2D eigenvalue weighted by atomic mass is 9.99. The molecule has 0 aliphatic carbocycles. The average Bonchev–Trinajstić information content (AvgIpc) is 3.37. The molecule has 2 atom stereocenters. The topological polar surface area (TPSA) is 78.9 Å². The van der Waals surface area contributed by atoms with Crippen molar-refractivity contribution in [3.8, 4) is 0 Å². The van der Waals surface area contributed by atoms with Crippen molar-refractivity contribution >= 4 is 17.9 Å². The molecular weight excluding hydrogens is 877 g/mol. The minimum atomic E-state index is -0.763. The molecule has 0 fully saturated rings. The highest BCUT2D eigenvalue weighted by Crippen LogP contribution is 2.19. The first kappa shape index (κ1) is 69.4. The van der Waals surface area contributed by atoms with Gasteiger partial charge in [-0.15, -0.1) is 0 Å². The van der Waals surface area contributed by atoms with E-state index < -0.39 is 6.10 Å². The SMILES string of the molecule is CCCCCCCCCCCCCCCCCCCC(=O)O[C@@H](COC(=O)CCCCCCCCCCCCCCCC)COC(=O)CCCCCCCCCCCCCCCCCCCCC(C)CC. The van der Waals surface area contributed by atoms with Crippen LogP contribution in [0.5, 0.6) is 0 Å². The van der Waals surface area contributed by atoms with Gasteiger partial charge in [0.05, 0.1) is 0 Å². The molecule has 0 spiro atoms. The molecule has 422 valence electrons. The van der Waals surface area contributed by atoms with E-state index >= 15 is 0 Å². The molecule has 0 aromatic carbocycles. The minimum absolute atomic E-state index is 0.0610. The Kier molecular flexibility index (Phi) is 58.0. The van der Waals surface area contributed by atoms with Gasteiger partial charge in [-0.2, -0.15) is 0 Å². The molecule has 1 unspecified atom stereocenters. The van der Waals surface area contributed by atoms with Gasteiger partial charge in [-0.3, -0.25) is 14.4 Å². The average molecular weight is 1000 g/mol. The zero-order valence-electron chi connectivity index (χ0n) is 48.7. The number of hydrogen-bond acceptors (Lipinski definition) is 6.